The molecule has 0 atom stereocenters. The second-order valence-corrected chi connectivity index (χ2v) is 5.36. The number of carbonyl (C=O) groups is 1. The number of hydrogen-bond donors (Lipinski definition) is 0. The lowest BCUT2D eigenvalue weighted by molar-refractivity contribution is -0.127. The molecule has 0 heterocycles. The van der Waals surface area contributed by atoms with Crippen LogP contribution < -0.4 is 0 Å². The van der Waals surface area contributed by atoms with E-state index in [1.807, 2.05) is 6.92 Å². The molecule has 110 valence electrons. The van der Waals surface area contributed by atoms with Gasteiger partial charge in [0.1, 0.15) is 11.6 Å². The maximum Gasteiger partial charge on any atom is 0.393 e. The standard InChI is InChI=1S/C15H16F4O/c1-2-3-13(20)14(6-7-14)11-5-4-10(8-12(11)16)9-15(17,18)19/h4-5,8H,2-3,6-7,9H2,1H3. The maximum atomic E-state index is 14.0. The van der Waals surface area contributed by atoms with E-state index in [2.05, 4.69) is 0 Å². The lowest BCUT2D eigenvalue weighted by Gasteiger charge is -2.16. The minimum atomic E-state index is -4.36. The third kappa shape index (κ3) is 3.02. The van der Waals surface area contributed by atoms with Gasteiger partial charge in [-0.15, -0.1) is 0 Å². The van der Waals surface area contributed by atoms with Gasteiger partial charge in [0, 0.05) is 12.0 Å². The van der Waals surface area contributed by atoms with E-state index in [1.54, 1.807) is 0 Å². The van der Waals surface area contributed by atoms with Crippen molar-refractivity contribution in [3.8, 4) is 0 Å². The highest BCUT2D eigenvalue weighted by Crippen LogP contribution is 2.50. The average Bonchev–Trinajstić information content (AvgIpc) is 3.08. The highest BCUT2D eigenvalue weighted by atomic mass is 19.4. The molecule has 0 aliphatic heterocycles. The molecule has 1 aliphatic rings. The van der Waals surface area contributed by atoms with Crippen LogP contribution in [-0.2, 0) is 16.6 Å². The number of halogens is 4. The molecule has 2 rings (SSSR count). The van der Waals surface area contributed by atoms with Gasteiger partial charge < -0.3 is 0 Å². The number of Topliss-reactive ketones (excluding diaryl/α,β-unsaturated/α-hetero) is 1. The van der Waals surface area contributed by atoms with Crippen molar-refractivity contribution in [1.29, 1.82) is 0 Å². The Morgan fingerprint density at radius 1 is 1.30 bits per heavy atom. The molecule has 0 unspecified atom stereocenters. The molecule has 0 saturated heterocycles. The lowest BCUT2D eigenvalue weighted by Crippen LogP contribution is -2.22. The van der Waals surface area contributed by atoms with Crippen molar-refractivity contribution < 1.29 is 22.4 Å². The third-order valence-electron chi connectivity index (χ3n) is 3.71. The number of carbonyl (C=O) groups excluding carboxylic acids is 1. The van der Waals surface area contributed by atoms with Crippen LogP contribution in [0.25, 0.3) is 0 Å². The molecular weight excluding hydrogens is 272 g/mol. The van der Waals surface area contributed by atoms with Crippen LogP contribution in [0.4, 0.5) is 17.6 Å². The zero-order valence-corrected chi connectivity index (χ0v) is 11.2. The fraction of sp³-hybridized carbons (Fsp3) is 0.533. The number of rotatable bonds is 5. The zero-order valence-electron chi connectivity index (χ0n) is 11.2. The van der Waals surface area contributed by atoms with Crippen LogP contribution in [0.1, 0.15) is 43.7 Å². The molecule has 0 bridgehead atoms. The number of alkyl halides is 3. The Bertz CT molecular complexity index is 515. The van der Waals surface area contributed by atoms with Crippen LogP contribution in [0.2, 0.25) is 0 Å². The zero-order chi connectivity index (χ0) is 15.0. The first-order chi connectivity index (χ1) is 9.28. The van der Waals surface area contributed by atoms with Crippen LogP contribution in [0.3, 0.4) is 0 Å². The van der Waals surface area contributed by atoms with Crippen molar-refractivity contribution in [3.63, 3.8) is 0 Å². The van der Waals surface area contributed by atoms with Crippen molar-refractivity contribution in [2.24, 2.45) is 0 Å². The van der Waals surface area contributed by atoms with Crippen LogP contribution in [0.15, 0.2) is 18.2 Å². The molecule has 0 spiro atoms. The van der Waals surface area contributed by atoms with Crippen LogP contribution >= 0.6 is 0 Å². The smallest absolute Gasteiger partial charge is 0.299 e. The minimum absolute atomic E-state index is 0.0116. The van der Waals surface area contributed by atoms with Crippen LogP contribution in [0.5, 0.6) is 0 Å². The van der Waals surface area contributed by atoms with Gasteiger partial charge in [-0.05, 0) is 30.9 Å². The average molecular weight is 288 g/mol. The predicted molar refractivity (Wildman–Crippen MR) is 67.0 cm³/mol. The summed E-state index contributed by atoms with van der Waals surface area (Å²) in [6.45, 7) is 1.87. The molecule has 1 aromatic rings. The van der Waals surface area contributed by atoms with Crippen molar-refractivity contribution in [3.05, 3.63) is 35.1 Å². The normalized spacial score (nSPS) is 17.1. The van der Waals surface area contributed by atoms with E-state index in [-0.39, 0.29) is 16.9 Å². The van der Waals surface area contributed by atoms with Gasteiger partial charge in [0.25, 0.3) is 0 Å². The van der Waals surface area contributed by atoms with Crippen LogP contribution in [0, 0.1) is 5.82 Å². The van der Waals surface area contributed by atoms with Crippen LogP contribution in [-0.4, -0.2) is 12.0 Å². The van der Waals surface area contributed by atoms with Gasteiger partial charge in [0.15, 0.2) is 0 Å². The van der Waals surface area contributed by atoms with Crippen molar-refractivity contribution in [2.75, 3.05) is 0 Å². The van der Waals surface area contributed by atoms with E-state index in [9.17, 15) is 22.4 Å². The lowest BCUT2D eigenvalue weighted by atomic mass is 9.88. The van der Waals surface area contributed by atoms with Gasteiger partial charge in [0.05, 0.1) is 11.8 Å². The van der Waals surface area contributed by atoms with Gasteiger partial charge in [-0.2, -0.15) is 13.2 Å². The Labute approximate surface area is 115 Å². The molecule has 1 saturated carbocycles. The second-order valence-electron chi connectivity index (χ2n) is 5.36. The predicted octanol–water partition coefficient (Wildman–Crippen LogP) is 4.33. The quantitative estimate of drug-likeness (QED) is 0.737. The van der Waals surface area contributed by atoms with Gasteiger partial charge in [-0.3, -0.25) is 4.79 Å². The fourth-order valence-electron chi connectivity index (χ4n) is 2.58. The van der Waals surface area contributed by atoms with E-state index >= 15 is 0 Å². The van der Waals surface area contributed by atoms with Crippen molar-refractivity contribution in [2.45, 2.75) is 50.6 Å². The Hall–Kier alpha value is -1.39. The molecule has 0 radical (unpaired) electrons. The molecule has 0 amide bonds. The number of benzene rings is 1. The highest BCUT2D eigenvalue weighted by molar-refractivity contribution is 5.93. The van der Waals surface area contributed by atoms with Crippen molar-refractivity contribution >= 4 is 5.78 Å². The van der Waals surface area contributed by atoms with Gasteiger partial charge in [-0.1, -0.05) is 19.1 Å². The monoisotopic (exact) mass is 288 g/mol. The molecule has 1 nitrogen and oxygen atoms in total. The Kier molecular flexibility index (Phi) is 3.89. The molecule has 1 fully saturated rings. The summed E-state index contributed by atoms with van der Waals surface area (Å²) in [7, 11) is 0. The van der Waals surface area contributed by atoms with E-state index in [0.29, 0.717) is 25.7 Å². The summed E-state index contributed by atoms with van der Waals surface area (Å²) in [6.07, 6.45) is -3.27. The number of hydrogen-bond acceptors (Lipinski definition) is 1. The Morgan fingerprint density at radius 2 is 1.95 bits per heavy atom. The molecule has 5 heteroatoms. The summed E-state index contributed by atoms with van der Waals surface area (Å²) in [6, 6.07) is 3.52. The van der Waals surface area contributed by atoms with Gasteiger partial charge >= 0.3 is 6.18 Å². The summed E-state index contributed by atoms with van der Waals surface area (Å²) in [5.41, 5.74) is -0.643. The largest absolute Gasteiger partial charge is 0.393 e. The molecular formula is C15H16F4O. The summed E-state index contributed by atoms with van der Waals surface area (Å²) < 4.78 is 50.9. The molecule has 20 heavy (non-hydrogen) atoms. The van der Waals surface area contributed by atoms with E-state index < -0.39 is 23.8 Å². The van der Waals surface area contributed by atoms with Gasteiger partial charge in [-0.25, -0.2) is 4.39 Å². The third-order valence-corrected chi connectivity index (χ3v) is 3.71. The Balaban J connectivity index is 2.25. The first-order valence-electron chi connectivity index (χ1n) is 6.67. The summed E-state index contributed by atoms with van der Waals surface area (Å²) in [5.74, 6) is -0.712. The molecule has 0 N–H and O–H groups in total. The summed E-state index contributed by atoms with van der Waals surface area (Å²) in [4.78, 5) is 12.0. The highest BCUT2D eigenvalue weighted by Gasteiger charge is 2.51. The fourth-order valence-corrected chi connectivity index (χ4v) is 2.58. The van der Waals surface area contributed by atoms with E-state index in [0.717, 1.165) is 6.07 Å². The van der Waals surface area contributed by atoms with Crippen molar-refractivity contribution in [1.82, 2.24) is 0 Å². The first-order valence-corrected chi connectivity index (χ1v) is 6.67. The number of ketones is 1. The van der Waals surface area contributed by atoms with Gasteiger partial charge in [0.2, 0.25) is 0 Å². The first kappa shape index (κ1) is 15.0. The maximum absolute atomic E-state index is 14.0. The molecule has 1 aromatic carbocycles. The second kappa shape index (κ2) is 5.19. The summed E-state index contributed by atoms with van der Waals surface area (Å²) in [5, 5.41) is 0. The van der Waals surface area contributed by atoms with E-state index in [4.69, 9.17) is 0 Å². The SMILES string of the molecule is CCCC(=O)C1(c2ccc(CC(F)(F)F)cc2F)CC1. The minimum Gasteiger partial charge on any atom is -0.299 e. The Morgan fingerprint density at radius 3 is 2.40 bits per heavy atom. The van der Waals surface area contributed by atoms with E-state index in [1.165, 1.54) is 12.1 Å². The molecule has 1 aliphatic carbocycles. The topological polar surface area (TPSA) is 17.1 Å². The summed E-state index contributed by atoms with van der Waals surface area (Å²) >= 11 is 0. The molecule has 0 aromatic heterocycles.